The van der Waals surface area contributed by atoms with Gasteiger partial charge in [-0.25, -0.2) is 8.42 Å². The van der Waals surface area contributed by atoms with E-state index in [9.17, 15) is 8.42 Å². The summed E-state index contributed by atoms with van der Waals surface area (Å²) in [6.45, 7) is 0.403. The van der Waals surface area contributed by atoms with Crippen LogP contribution in [0.1, 0.15) is 18.4 Å². The molecule has 3 N–H and O–H groups in total. The first-order valence-corrected chi connectivity index (χ1v) is 7.34. The van der Waals surface area contributed by atoms with Crippen LogP contribution in [0, 0.1) is 0 Å². The normalized spacial score (nSPS) is 15.6. The van der Waals surface area contributed by atoms with Crippen molar-refractivity contribution in [3.63, 3.8) is 0 Å². The third-order valence-corrected chi connectivity index (χ3v) is 2.99. The molecule has 1 aromatic rings. The highest BCUT2D eigenvalue weighted by Crippen LogP contribution is 2.33. The minimum absolute atomic E-state index is 0.211. The number of hydrogen-bond donors (Lipinski definition) is 2. The number of ether oxygens (including phenoxy) is 1. The first-order chi connectivity index (χ1) is 7.98. The van der Waals surface area contributed by atoms with Crippen LogP contribution in [-0.4, -0.2) is 20.8 Å². The van der Waals surface area contributed by atoms with Gasteiger partial charge in [0.25, 0.3) is 0 Å². The summed E-state index contributed by atoms with van der Waals surface area (Å²) in [5, 5.41) is 0. The van der Waals surface area contributed by atoms with Crippen LogP contribution >= 0.6 is 0 Å². The molecule has 1 fully saturated rings. The highest BCUT2D eigenvalue weighted by molar-refractivity contribution is 7.92. The number of hydrogen-bond acceptors (Lipinski definition) is 4. The molecule has 1 aliphatic carbocycles. The van der Waals surface area contributed by atoms with E-state index in [1.807, 2.05) is 0 Å². The van der Waals surface area contributed by atoms with E-state index in [1.54, 1.807) is 18.2 Å². The Morgan fingerprint density at radius 3 is 2.71 bits per heavy atom. The molecule has 0 radical (unpaired) electrons. The Bertz CT molecular complexity index is 509. The third-order valence-electron chi connectivity index (χ3n) is 2.40. The molecule has 0 amide bonds. The van der Waals surface area contributed by atoms with Crippen molar-refractivity contribution in [3.05, 3.63) is 23.8 Å². The summed E-state index contributed by atoms with van der Waals surface area (Å²) in [4.78, 5) is 0. The van der Waals surface area contributed by atoms with Crippen LogP contribution in [0.3, 0.4) is 0 Å². The SMILES string of the molecule is CS(=O)(=O)Nc1ccc(CN)cc1OC1CC1. The zero-order valence-corrected chi connectivity index (χ0v) is 10.5. The van der Waals surface area contributed by atoms with Crippen LogP contribution < -0.4 is 15.2 Å². The Labute approximate surface area is 101 Å². The fraction of sp³-hybridized carbons (Fsp3) is 0.455. The molecule has 0 spiro atoms. The van der Waals surface area contributed by atoms with Gasteiger partial charge in [0.1, 0.15) is 5.75 Å². The molecule has 0 bridgehead atoms. The molecule has 0 aromatic heterocycles. The first kappa shape index (κ1) is 12.2. The lowest BCUT2D eigenvalue weighted by atomic mass is 10.2. The zero-order chi connectivity index (χ0) is 12.5. The van der Waals surface area contributed by atoms with Crippen LogP contribution in [0.2, 0.25) is 0 Å². The van der Waals surface area contributed by atoms with Gasteiger partial charge in [0.15, 0.2) is 0 Å². The summed E-state index contributed by atoms with van der Waals surface area (Å²) >= 11 is 0. The van der Waals surface area contributed by atoms with Gasteiger partial charge < -0.3 is 10.5 Å². The molecule has 94 valence electrons. The Hall–Kier alpha value is -1.27. The van der Waals surface area contributed by atoms with Gasteiger partial charge in [-0.05, 0) is 30.5 Å². The number of nitrogens with two attached hydrogens (primary N) is 1. The lowest BCUT2D eigenvalue weighted by molar-refractivity contribution is 0.304. The molecule has 0 aliphatic heterocycles. The number of rotatable bonds is 5. The van der Waals surface area contributed by atoms with E-state index in [4.69, 9.17) is 10.5 Å². The Balaban J connectivity index is 2.28. The van der Waals surface area contributed by atoms with Gasteiger partial charge in [-0.15, -0.1) is 0 Å². The molecular weight excluding hydrogens is 240 g/mol. The fourth-order valence-electron chi connectivity index (χ4n) is 1.44. The van der Waals surface area contributed by atoms with Crippen LogP contribution in [0.4, 0.5) is 5.69 Å². The molecule has 6 heteroatoms. The van der Waals surface area contributed by atoms with Crippen molar-refractivity contribution < 1.29 is 13.2 Å². The van der Waals surface area contributed by atoms with E-state index >= 15 is 0 Å². The van der Waals surface area contributed by atoms with Crippen molar-refractivity contribution in [2.45, 2.75) is 25.5 Å². The van der Waals surface area contributed by atoms with Crippen LogP contribution in [0.5, 0.6) is 5.75 Å². The molecule has 2 rings (SSSR count). The minimum Gasteiger partial charge on any atom is -0.488 e. The first-order valence-electron chi connectivity index (χ1n) is 5.45. The molecule has 1 saturated carbocycles. The largest absolute Gasteiger partial charge is 0.488 e. The van der Waals surface area contributed by atoms with Crippen molar-refractivity contribution in [1.29, 1.82) is 0 Å². The highest BCUT2D eigenvalue weighted by Gasteiger charge is 2.25. The van der Waals surface area contributed by atoms with Crippen molar-refractivity contribution in [2.24, 2.45) is 5.73 Å². The van der Waals surface area contributed by atoms with Gasteiger partial charge in [-0.2, -0.15) is 0 Å². The van der Waals surface area contributed by atoms with Gasteiger partial charge >= 0.3 is 0 Å². The van der Waals surface area contributed by atoms with E-state index in [2.05, 4.69) is 4.72 Å². The summed E-state index contributed by atoms with van der Waals surface area (Å²) in [6, 6.07) is 5.25. The standard InChI is InChI=1S/C11H16N2O3S/c1-17(14,15)13-10-5-2-8(7-12)6-11(10)16-9-3-4-9/h2,5-6,9,13H,3-4,7,12H2,1H3. The Morgan fingerprint density at radius 2 is 2.18 bits per heavy atom. The predicted molar refractivity (Wildman–Crippen MR) is 66.4 cm³/mol. The van der Waals surface area contributed by atoms with Crippen LogP contribution in [0.25, 0.3) is 0 Å². The number of nitrogens with one attached hydrogen (secondary N) is 1. The number of sulfonamides is 1. The van der Waals surface area contributed by atoms with Crippen molar-refractivity contribution in [2.75, 3.05) is 11.0 Å². The van der Waals surface area contributed by atoms with Gasteiger partial charge in [0, 0.05) is 6.54 Å². The second-order valence-electron chi connectivity index (χ2n) is 4.23. The summed E-state index contributed by atoms with van der Waals surface area (Å²) in [5.41, 5.74) is 6.93. The van der Waals surface area contributed by atoms with E-state index in [-0.39, 0.29) is 6.10 Å². The number of benzene rings is 1. The molecule has 0 heterocycles. The van der Waals surface area contributed by atoms with E-state index in [0.717, 1.165) is 24.7 Å². The van der Waals surface area contributed by atoms with Crippen molar-refractivity contribution in [3.8, 4) is 5.75 Å². The summed E-state index contributed by atoms with van der Waals surface area (Å²) in [5.74, 6) is 0.556. The quantitative estimate of drug-likeness (QED) is 0.825. The second kappa shape index (κ2) is 4.54. The smallest absolute Gasteiger partial charge is 0.229 e. The molecule has 1 aromatic carbocycles. The van der Waals surface area contributed by atoms with E-state index < -0.39 is 10.0 Å². The second-order valence-corrected chi connectivity index (χ2v) is 5.97. The topological polar surface area (TPSA) is 81.4 Å². The summed E-state index contributed by atoms with van der Waals surface area (Å²) < 4.78 is 30.5. The van der Waals surface area contributed by atoms with E-state index in [1.165, 1.54) is 0 Å². The van der Waals surface area contributed by atoms with Crippen LogP contribution in [0.15, 0.2) is 18.2 Å². The Kier molecular flexibility index (Phi) is 3.26. The zero-order valence-electron chi connectivity index (χ0n) is 9.64. The molecule has 17 heavy (non-hydrogen) atoms. The summed E-state index contributed by atoms with van der Waals surface area (Å²) in [6.07, 6.45) is 3.37. The van der Waals surface area contributed by atoms with Crippen LogP contribution in [-0.2, 0) is 16.6 Å². The molecule has 5 nitrogen and oxygen atoms in total. The number of anilines is 1. The monoisotopic (exact) mass is 256 g/mol. The average Bonchev–Trinajstić information content (AvgIpc) is 3.02. The maximum atomic E-state index is 11.2. The van der Waals surface area contributed by atoms with Crippen molar-refractivity contribution in [1.82, 2.24) is 0 Å². The minimum atomic E-state index is -3.30. The molecule has 0 unspecified atom stereocenters. The van der Waals surface area contributed by atoms with Gasteiger partial charge in [-0.1, -0.05) is 6.07 Å². The van der Waals surface area contributed by atoms with Crippen molar-refractivity contribution >= 4 is 15.7 Å². The lowest BCUT2D eigenvalue weighted by Crippen LogP contribution is -2.12. The molecule has 1 aliphatic rings. The highest BCUT2D eigenvalue weighted by atomic mass is 32.2. The van der Waals surface area contributed by atoms with Gasteiger partial charge in [0.2, 0.25) is 10.0 Å². The third kappa shape index (κ3) is 3.61. The summed E-state index contributed by atoms with van der Waals surface area (Å²) in [7, 11) is -3.30. The molecule has 0 atom stereocenters. The van der Waals surface area contributed by atoms with E-state index in [0.29, 0.717) is 18.0 Å². The maximum Gasteiger partial charge on any atom is 0.229 e. The maximum absolute atomic E-state index is 11.2. The Morgan fingerprint density at radius 1 is 1.47 bits per heavy atom. The molecular formula is C11H16N2O3S. The fourth-order valence-corrected chi connectivity index (χ4v) is 2.01. The van der Waals surface area contributed by atoms with Gasteiger partial charge in [-0.3, -0.25) is 4.72 Å². The lowest BCUT2D eigenvalue weighted by Gasteiger charge is -2.13. The predicted octanol–water partition coefficient (Wildman–Crippen LogP) is 1.06. The average molecular weight is 256 g/mol. The van der Waals surface area contributed by atoms with Gasteiger partial charge in [0.05, 0.1) is 18.0 Å². The molecule has 0 saturated heterocycles.